The number of hydrogen-bond donors (Lipinski definition) is 1. The first kappa shape index (κ1) is 11.6. The van der Waals surface area contributed by atoms with E-state index in [0.29, 0.717) is 0 Å². The van der Waals surface area contributed by atoms with E-state index in [1.165, 1.54) is 5.69 Å². The highest BCUT2D eigenvalue weighted by atomic mass is 32.1. The average molecular weight is 213 g/mol. The van der Waals surface area contributed by atoms with Crippen LogP contribution in [0.4, 0.5) is 0 Å². The summed E-state index contributed by atoms with van der Waals surface area (Å²) >= 11 is 1.73. The molecule has 0 bridgehead atoms. The zero-order chi connectivity index (χ0) is 10.4. The fraction of sp³-hybridized carbons (Fsp3) is 0.700. The van der Waals surface area contributed by atoms with E-state index in [9.17, 15) is 0 Å². The first-order chi connectivity index (χ1) is 6.68. The largest absolute Gasteiger partial charge is 0.315 e. The summed E-state index contributed by atoms with van der Waals surface area (Å²) in [6.45, 7) is 5.22. The highest BCUT2D eigenvalue weighted by molar-refractivity contribution is 7.09. The topological polar surface area (TPSA) is 28.2 Å². The molecule has 4 heteroatoms. The summed E-state index contributed by atoms with van der Waals surface area (Å²) < 4.78 is 0. The van der Waals surface area contributed by atoms with Crippen LogP contribution in [0.25, 0.3) is 0 Å². The van der Waals surface area contributed by atoms with Crippen LogP contribution in [0.2, 0.25) is 0 Å². The molecule has 14 heavy (non-hydrogen) atoms. The van der Waals surface area contributed by atoms with E-state index in [4.69, 9.17) is 0 Å². The van der Waals surface area contributed by atoms with Crippen molar-refractivity contribution >= 4 is 11.3 Å². The lowest BCUT2D eigenvalue weighted by Gasteiger charge is -2.09. The van der Waals surface area contributed by atoms with Gasteiger partial charge in [0, 0.05) is 31.4 Å². The predicted octanol–water partition coefficient (Wildman–Crippen LogP) is 1.15. The molecule has 1 aromatic rings. The SMILES string of the molecule is Cc1nc(CCNCCN(C)C)cs1. The fourth-order valence-electron chi connectivity index (χ4n) is 1.17. The summed E-state index contributed by atoms with van der Waals surface area (Å²) in [5, 5.41) is 6.70. The van der Waals surface area contributed by atoms with Crippen molar-refractivity contribution in [3.63, 3.8) is 0 Å². The normalized spacial score (nSPS) is 11.1. The Labute approximate surface area is 90.2 Å². The summed E-state index contributed by atoms with van der Waals surface area (Å²) in [6, 6.07) is 0. The molecule has 0 saturated heterocycles. The number of aromatic nitrogens is 1. The maximum absolute atomic E-state index is 4.41. The van der Waals surface area contributed by atoms with E-state index < -0.39 is 0 Å². The van der Waals surface area contributed by atoms with Crippen LogP contribution < -0.4 is 5.32 Å². The molecular formula is C10H19N3S. The van der Waals surface area contributed by atoms with Crippen molar-refractivity contribution in [2.24, 2.45) is 0 Å². The second-order valence-electron chi connectivity index (χ2n) is 3.66. The van der Waals surface area contributed by atoms with Crippen LogP contribution in [-0.4, -0.2) is 43.6 Å². The second kappa shape index (κ2) is 6.11. The standard InChI is InChI=1S/C10H19N3S/c1-9-12-10(8-14-9)4-5-11-6-7-13(2)3/h8,11H,4-7H2,1-3H3. The first-order valence-corrected chi connectivity index (χ1v) is 5.83. The van der Waals surface area contributed by atoms with Crippen molar-refractivity contribution in [1.82, 2.24) is 15.2 Å². The average Bonchev–Trinajstić information content (AvgIpc) is 2.50. The third-order valence-corrected chi connectivity index (χ3v) is 2.78. The predicted molar refractivity (Wildman–Crippen MR) is 62.0 cm³/mol. The van der Waals surface area contributed by atoms with Gasteiger partial charge >= 0.3 is 0 Å². The van der Waals surface area contributed by atoms with Crippen molar-refractivity contribution in [2.45, 2.75) is 13.3 Å². The minimum atomic E-state index is 1.02. The third kappa shape index (κ3) is 4.69. The van der Waals surface area contributed by atoms with Crippen LogP contribution >= 0.6 is 11.3 Å². The highest BCUT2D eigenvalue weighted by Crippen LogP contribution is 2.07. The van der Waals surface area contributed by atoms with E-state index in [1.54, 1.807) is 11.3 Å². The molecule has 0 saturated carbocycles. The van der Waals surface area contributed by atoms with Crippen LogP contribution in [0.5, 0.6) is 0 Å². The van der Waals surface area contributed by atoms with Gasteiger partial charge in [-0.25, -0.2) is 4.98 Å². The van der Waals surface area contributed by atoms with Gasteiger partial charge in [-0.05, 0) is 21.0 Å². The van der Waals surface area contributed by atoms with E-state index in [1.807, 2.05) is 6.92 Å². The minimum absolute atomic E-state index is 1.02. The molecule has 1 heterocycles. The Hall–Kier alpha value is -0.450. The molecule has 0 amide bonds. The molecule has 0 atom stereocenters. The lowest BCUT2D eigenvalue weighted by Crippen LogP contribution is -2.27. The van der Waals surface area contributed by atoms with Crippen molar-refractivity contribution in [3.8, 4) is 0 Å². The number of likely N-dealkylation sites (N-methyl/N-ethyl adjacent to an activating group) is 1. The van der Waals surface area contributed by atoms with Gasteiger partial charge in [0.1, 0.15) is 0 Å². The molecule has 0 radical (unpaired) electrons. The molecule has 0 unspecified atom stereocenters. The van der Waals surface area contributed by atoms with E-state index >= 15 is 0 Å². The Morgan fingerprint density at radius 3 is 2.79 bits per heavy atom. The highest BCUT2D eigenvalue weighted by Gasteiger charge is 1.97. The smallest absolute Gasteiger partial charge is 0.0897 e. The molecule has 0 aliphatic carbocycles. The van der Waals surface area contributed by atoms with Crippen LogP contribution in [0.3, 0.4) is 0 Å². The molecule has 3 nitrogen and oxygen atoms in total. The van der Waals surface area contributed by atoms with Gasteiger partial charge in [-0.15, -0.1) is 11.3 Å². The summed E-state index contributed by atoms with van der Waals surface area (Å²) in [5.41, 5.74) is 1.21. The van der Waals surface area contributed by atoms with Gasteiger partial charge in [-0.2, -0.15) is 0 Å². The summed E-state index contributed by atoms with van der Waals surface area (Å²) in [6.07, 6.45) is 1.04. The number of nitrogens with one attached hydrogen (secondary N) is 1. The maximum atomic E-state index is 4.41. The third-order valence-electron chi connectivity index (χ3n) is 1.96. The van der Waals surface area contributed by atoms with Gasteiger partial charge in [0.2, 0.25) is 0 Å². The molecule has 1 aromatic heterocycles. The minimum Gasteiger partial charge on any atom is -0.315 e. The summed E-state index contributed by atoms with van der Waals surface area (Å²) in [5.74, 6) is 0. The summed E-state index contributed by atoms with van der Waals surface area (Å²) in [7, 11) is 4.18. The molecule has 0 spiro atoms. The van der Waals surface area contributed by atoms with Crippen LogP contribution in [0.15, 0.2) is 5.38 Å². The Kier molecular flexibility index (Phi) is 5.07. The quantitative estimate of drug-likeness (QED) is 0.718. The zero-order valence-electron chi connectivity index (χ0n) is 9.21. The molecule has 0 fully saturated rings. The monoisotopic (exact) mass is 213 g/mol. The molecule has 80 valence electrons. The van der Waals surface area contributed by atoms with Gasteiger partial charge in [-0.3, -0.25) is 0 Å². The van der Waals surface area contributed by atoms with Crippen LogP contribution in [0.1, 0.15) is 10.7 Å². The fourth-order valence-corrected chi connectivity index (χ4v) is 1.81. The Balaban J connectivity index is 2.04. The van der Waals surface area contributed by atoms with Crippen LogP contribution in [0, 0.1) is 6.92 Å². The van der Waals surface area contributed by atoms with Gasteiger partial charge < -0.3 is 10.2 Å². The van der Waals surface area contributed by atoms with Gasteiger partial charge in [0.05, 0.1) is 10.7 Å². The Morgan fingerprint density at radius 2 is 2.21 bits per heavy atom. The molecule has 0 aliphatic rings. The molecular weight excluding hydrogens is 194 g/mol. The van der Waals surface area contributed by atoms with E-state index in [2.05, 4.69) is 34.7 Å². The van der Waals surface area contributed by atoms with E-state index in [0.717, 1.165) is 31.1 Å². The molecule has 1 N–H and O–H groups in total. The van der Waals surface area contributed by atoms with Gasteiger partial charge in [0.25, 0.3) is 0 Å². The van der Waals surface area contributed by atoms with Crippen molar-refractivity contribution in [2.75, 3.05) is 33.7 Å². The maximum Gasteiger partial charge on any atom is 0.0897 e. The van der Waals surface area contributed by atoms with Crippen molar-refractivity contribution in [3.05, 3.63) is 16.1 Å². The Morgan fingerprint density at radius 1 is 1.43 bits per heavy atom. The Bertz CT molecular complexity index is 258. The van der Waals surface area contributed by atoms with Gasteiger partial charge in [-0.1, -0.05) is 0 Å². The van der Waals surface area contributed by atoms with Crippen LogP contribution in [-0.2, 0) is 6.42 Å². The zero-order valence-corrected chi connectivity index (χ0v) is 10.0. The number of thiazole rings is 1. The van der Waals surface area contributed by atoms with Crippen molar-refractivity contribution < 1.29 is 0 Å². The number of aryl methyl sites for hydroxylation is 1. The molecule has 0 aliphatic heterocycles. The van der Waals surface area contributed by atoms with E-state index in [-0.39, 0.29) is 0 Å². The number of rotatable bonds is 6. The molecule has 1 rings (SSSR count). The first-order valence-electron chi connectivity index (χ1n) is 4.95. The summed E-state index contributed by atoms with van der Waals surface area (Å²) in [4.78, 5) is 6.59. The second-order valence-corrected chi connectivity index (χ2v) is 4.72. The lowest BCUT2D eigenvalue weighted by molar-refractivity contribution is 0.401. The van der Waals surface area contributed by atoms with Gasteiger partial charge in [0.15, 0.2) is 0 Å². The number of nitrogens with zero attached hydrogens (tertiary/aromatic N) is 2. The lowest BCUT2D eigenvalue weighted by atomic mass is 10.3. The number of hydrogen-bond acceptors (Lipinski definition) is 4. The van der Waals surface area contributed by atoms with Crippen molar-refractivity contribution in [1.29, 1.82) is 0 Å². The molecule has 0 aromatic carbocycles.